The molecule has 2 unspecified atom stereocenters. The molecule has 3 aliphatic rings. The van der Waals surface area contributed by atoms with Gasteiger partial charge >= 0.3 is 0 Å². The van der Waals surface area contributed by atoms with E-state index in [-0.39, 0.29) is 36.2 Å². The van der Waals surface area contributed by atoms with Crippen LogP contribution >= 0.6 is 0 Å². The van der Waals surface area contributed by atoms with Crippen LogP contribution in [-0.2, 0) is 14.4 Å². The van der Waals surface area contributed by atoms with Gasteiger partial charge in [-0.3, -0.25) is 19.3 Å². The molecule has 0 bridgehead atoms. The number of rotatable bonds is 5. The van der Waals surface area contributed by atoms with Crippen LogP contribution < -0.4 is 5.32 Å². The van der Waals surface area contributed by atoms with Crippen LogP contribution in [0.3, 0.4) is 0 Å². The largest absolute Gasteiger partial charge is 0.341 e. The highest BCUT2D eigenvalue weighted by molar-refractivity contribution is 6.06. The van der Waals surface area contributed by atoms with Gasteiger partial charge < -0.3 is 10.2 Å². The van der Waals surface area contributed by atoms with Crippen LogP contribution in [0.1, 0.15) is 39.0 Å². The first-order valence-corrected chi connectivity index (χ1v) is 7.46. The number of imide groups is 1. The van der Waals surface area contributed by atoms with Crippen molar-refractivity contribution >= 4 is 17.7 Å². The maximum Gasteiger partial charge on any atom is 0.247 e. The van der Waals surface area contributed by atoms with Crippen molar-refractivity contribution in [1.29, 1.82) is 0 Å². The van der Waals surface area contributed by atoms with Gasteiger partial charge in [-0.2, -0.15) is 0 Å². The fraction of sp³-hybridized carbons (Fsp3) is 0.786. The number of likely N-dealkylation sites (tertiary alicyclic amines) is 2. The smallest absolute Gasteiger partial charge is 0.247 e. The first kappa shape index (κ1) is 13.5. The van der Waals surface area contributed by atoms with Crippen molar-refractivity contribution in [2.24, 2.45) is 0 Å². The minimum atomic E-state index is -0.407. The normalized spacial score (nSPS) is 28.6. The zero-order valence-corrected chi connectivity index (χ0v) is 11.8. The zero-order chi connectivity index (χ0) is 14.3. The highest BCUT2D eigenvalue weighted by Gasteiger charge is 2.46. The van der Waals surface area contributed by atoms with E-state index in [0.29, 0.717) is 13.0 Å². The van der Waals surface area contributed by atoms with Crippen LogP contribution in [0.2, 0.25) is 0 Å². The molecule has 2 aliphatic heterocycles. The highest BCUT2D eigenvalue weighted by atomic mass is 16.2. The lowest BCUT2D eigenvalue weighted by atomic mass is 10.2. The van der Waals surface area contributed by atoms with E-state index in [1.165, 1.54) is 4.90 Å². The molecule has 20 heavy (non-hydrogen) atoms. The van der Waals surface area contributed by atoms with Crippen LogP contribution in [0, 0.1) is 0 Å². The summed E-state index contributed by atoms with van der Waals surface area (Å²) in [4.78, 5) is 38.9. The molecule has 6 nitrogen and oxygen atoms in total. The van der Waals surface area contributed by atoms with Crippen molar-refractivity contribution in [3.8, 4) is 0 Å². The predicted octanol–water partition coefficient (Wildman–Crippen LogP) is -0.123. The van der Waals surface area contributed by atoms with Gasteiger partial charge in [0, 0.05) is 31.6 Å². The zero-order valence-electron chi connectivity index (χ0n) is 11.8. The Hall–Kier alpha value is -1.43. The molecule has 3 amide bonds. The molecule has 0 radical (unpaired) electrons. The second kappa shape index (κ2) is 5.16. The quantitative estimate of drug-likeness (QED) is 0.712. The van der Waals surface area contributed by atoms with Gasteiger partial charge in [-0.05, 0) is 26.2 Å². The van der Waals surface area contributed by atoms with Crippen molar-refractivity contribution in [3.63, 3.8) is 0 Å². The van der Waals surface area contributed by atoms with Crippen LogP contribution in [0.15, 0.2) is 0 Å². The molecule has 2 atom stereocenters. The lowest BCUT2D eigenvalue weighted by Crippen LogP contribution is -2.47. The summed E-state index contributed by atoms with van der Waals surface area (Å²) in [5.74, 6) is 0.0450. The summed E-state index contributed by atoms with van der Waals surface area (Å²) in [5, 5.41) is 3.21. The molecule has 3 fully saturated rings. The lowest BCUT2D eigenvalue weighted by Gasteiger charge is -2.24. The Balaban J connectivity index is 1.53. The maximum atomic E-state index is 12.2. The summed E-state index contributed by atoms with van der Waals surface area (Å²) in [6.45, 7) is 3.37. The Bertz CT molecular complexity index is 447. The second-order valence-electron chi connectivity index (χ2n) is 6.10. The minimum absolute atomic E-state index is 0.0259. The monoisotopic (exact) mass is 279 g/mol. The standard InChI is InChI=1S/C14H21N3O3/c1-9(8-16-6-2-3-12(16)18)15-11-7-13(19)17(14(11)20)10-4-5-10/h9-11,15H,2-8H2,1H3. The van der Waals surface area contributed by atoms with Gasteiger partial charge in [-0.15, -0.1) is 0 Å². The third-order valence-corrected chi connectivity index (χ3v) is 4.25. The average molecular weight is 279 g/mol. The first-order valence-electron chi connectivity index (χ1n) is 7.46. The Labute approximate surface area is 118 Å². The number of amides is 3. The molecular formula is C14H21N3O3. The van der Waals surface area contributed by atoms with Gasteiger partial charge in [-0.1, -0.05) is 0 Å². The van der Waals surface area contributed by atoms with Gasteiger partial charge in [-0.25, -0.2) is 0 Å². The van der Waals surface area contributed by atoms with Gasteiger partial charge in [0.05, 0.1) is 12.5 Å². The molecule has 1 saturated carbocycles. The third-order valence-electron chi connectivity index (χ3n) is 4.25. The number of carbonyl (C=O) groups is 3. The van der Waals surface area contributed by atoms with Crippen LogP contribution in [0.5, 0.6) is 0 Å². The molecule has 1 aliphatic carbocycles. The van der Waals surface area contributed by atoms with E-state index in [0.717, 1.165) is 25.8 Å². The second-order valence-corrected chi connectivity index (χ2v) is 6.10. The molecule has 0 spiro atoms. The molecule has 1 N–H and O–H groups in total. The van der Waals surface area contributed by atoms with E-state index in [2.05, 4.69) is 5.32 Å². The van der Waals surface area contributed by atoms with E-state index in [1.807, 2.05) is 11.8 Å². The van der Waals surface area contributed by atoms with Crippen molar-refractivity contribution in [2.75, 3.05) is 13.1 Å². The van der Waals surface area contributed by atoms with Crippen molar-refractivity contribution in [3.05, 3.63) is 0 Å². The number of nitrogens with one attached hydrogen (secondary N) is 1. The lowest BCUT2D eigenvalue weighted by molar-refractivity contribution is -0.139. The number of hydrogen-bond donors (Lipinski definition) is 1. The Morgan fingerprint density at radius 3 is 2.60 bits per heavy atom. The van der Waals surface area contributed by atoms with E-state index < -0.39 is 6.04 Å². The number of nitrogens with zero attached hydrogens (tertiary/aromatic N) is 2. The highest BCUT2D eigenvalue weighted by Crippen LogP contribution is 2.31. The van der Waals surface area contributed by atoms with Crippen molar-refractivity contribution in [1.82, 2.24) is 15.1 Å². The van der Waals surface area contributed by atoms with Crippen LogP contribution in [-0.4, -0.2) is 58.7 Å². The average Bonchev–Trinajstić information content (AvgIpc) is 3.08. The summed E-state index contributed by atoms with van der Waals surface area (Å²) in [6.07, 6.45) is 3.70. The molecule has 0 aromatic heterocycles. The van der Waals surface area contributed by atoms with Gasteiger partial charge in [0.1, 0.15) is 0 Å². The summed E-state index contributed by atoms with van der Waals surface area (Å²) < 4.78 is 0. The Kier molecular flexibility index (Phi) is 3.50. The van der Waals surface area contributed by atoms with Gasteiger partial charge in [0.15, 0.2) is 0 Å². The fourth-order valence-corrected chi connectivity index (χ4v) is 3.12. The van der Waals surface area contributed by atoms with Crippen LogP contribution in [0.4, 0.5) is 0 Å². The van der Waals surface area contributed by atoms with E-state index in [1.54, 1.807) is 0 Å². The Morgan fingerprint density at radius 2 is 2.00 bits per heavy atom. The molecule has 3 rings (SSSR count). The van der Waals surface area contributed by atoms with Crippen molar-refractivity contribution in [2.45, 2.75) is 57.2 Å². The molecule has 110 valence electrons. The minimum Gasteiger partial charge on any atom is -0.341 e. The molecule has 2 saturated heterocycles. The molecule has 0 aromatic rings. The molecule has 2 heterocycles. The van der Waals surface area contributed by atoms with E-state index in [9.17, 15) is 14.4 Å². The summed E-state index contributed by atoms with van der Waals surface area (Å²) in [7, 11) is 0. The number of carbonyl (C=O) groups excluding carboxylic acids is 3. The van der Waals surface area contributed by atoms with Crippen molar-refractivity contribution < 1.29 is 14.4 Å². The first-order chi connectivity index (χ1) is 9.56. The van der Waals surface area contributed by atoms with Gasteiger partial charge in [0.2, 0.25) is 17.7 Å². The Morgan fingerprint density at radius 1 is 1.25 bits per heavy atom. The predicted molar refractivity (Wildman–Crippen MR) is 71.7 cm³/mol. The fourth-order valence-electron chi connectivity index (χ4n) is 3.12. The van der Waals surface area contributed by atoms with E-state index in [4.69, 9.17) is 0 Å². The van der Waals surface area contributed by atoms with E-state index >= 15 is 0 Å². The maximum absolute atomic E-state index is 12.2. The van der Waals surface area contributed by atoms with Crippen LogP contribution in [0.25, 0.3) is 0 Å². The molecule has 0 aromatic carbocycles. The van der Waals surface area contributed by atoms with Gasteiger partial charge in [0.25, 0.3) is 0 Å². The third kappa shape index (κ3) is 2.57. The summed E-state index contributed by atoms with van der Waals surface area (Å²) >= 11 is 0. The topological polar surface area (TPSA) is 69.7 Å². The molecular weight excluding hydrogens is 258 g/mol. The number of hydrogen-bond acceptors (Lipinski definition) is 4. The SMILES string of the molecule is CC(CN1CCCC1=O)NC1CC(=O)N(C2CC2)C1=O. The molecule has 6 heteroatoms. The summed E-state index contributed by atoms with van der Waals surface area (Å²) in [5.41, 5.74) is 0. The summed E-state index contributed by atoms with van der Waals surface area (Å²) in [6, 6.07) is -0.231.